The average molecular weight is 439 g/mol. The fourth-order valence-electron chi connectivity index (χ4n) is 2.04. The standard InChI is InChI=1S/C24H22O4S2/c1-17(2)23(25)29-15-13-27-21-9-5-19(6-10-21)20-7-11-22(12-8-20)28-14-16-30-24(26)18(3)4/h5-16H,1,3H2,2,4H3/b15-13-,16-14-. The van der Waals surface area contributed by atoms with Crippen molar-refractivity contribution < 1.29 is 19.1 Å². The van der Waals surface area contributed by atoms with Gasteiger partial charge >= 0.3 is 0 Å². The number of rotatable bonds is 9. The van der Waals surface area contributed by atoms with Crippen LogP contribution < -0.4 is 9.47 Å². The molecule has 0 bridgehead atoms. The summed E-state index contributed by atoms with van der Waals surface area (Å²) in [5, 5.41) is 3.00. The van der Waals surface area contributed by atoms with Gasteiger partial charge in [0, 0.05) is 10.8 Å². The van der Waals surface area contributed by atoms with Gasteiger partial charge in [0.25, 0.3) is 0 Å². The SMILES string of the molecule is C=C(C)C(=O)S/C=C\Oc1ccc(-c2ccc(O/C=C\SC(=O)C(=C)C)cc2)cc1. The minimum absolute atomic E-state index is 0.0905. The summed E-state index contributed by atoms with van der Waals surface area (Å²) in [5.41, 5.74) is 3.06. The second-order valence-corrected chi connectivity index (χ2v) is 7.96. The van der Waals surface area contributed by atoms with E-state index in [4.69, 9.17) is 9.47 Å². The predicted octanol–water partition coefficient (Wildman–Crippen LogP) is 6.73. The van der Waals surface area contributed by atoms with Crippen molar-refractivity contribution in [2.45, 2.75) is 13.8 Å². The zero-order chi connectivity index (χ0) is 21.9. The maximum Gasteiger partial charge on any atom is 0.218 e. The van der Waals surface area contributed by atoms with E-state index in [1.165, 1.54) is 12.5 Å². The zero-order valence-corrected chi connectivity index (χ0v) is 18.4. The molecule has 154 valence electrons. The van der Waals surface area contributed by atoms with Gasteiger partial charge in [0.1, 0.15) is 11.5 Å². The number of thioether (sulfide) groups is 2. The molecule has 0 spiro atoms. The Balaban J connectivity index is 1.87. The Hall–Kier alpha value is -2.96. The topological polar surface area (TPSA) is 52.6 Å². The number of hydrogen-bond donors (Lipinski definition) is 0. The van der Waals surface area contributed by atoms with Gasteiger partial charge in [-0.1, -0.05) is 60.9 Å². The molecule has 2 rings (SSSR count). The third kappa shape index (κ3) is 7.81. The molecule has 30 heavy (non-hydrogen) atoms. The fraction of sp³-hybridized carbons (Fsp3) is 0.0833. The Bertz CT molecular complexity index is 890. The van der Waals surface area contributed by atoms with Crippen LogP contribution in [0.5, 0.6) is 11.5 Å². The van der Waals surface area contributed by atoms with E-state index in [2.05, 4.69) is 13.2 Å². The van der Waals surface area contributed by atoms with Gasteiger partial charge in [-0.05, 0) is 60.4 Å². The third-order valence-electron chi connectivity index (χ3n) is 3.61. The molecule has 0 saturated heterocycles. The van der Waals surface area contributed by atoms with Crippen LogP contribution in [0, 0.1) is 0 Å². The normalized spacial score (nSPS) is 10.9. The van der Waals surface area contributed by atoms with E-state index in [1.54, 1.807) is 24.7 Å². The molecule has 4 nitrogen and oxygen atoms in total. The fourth-order valence-corrected chi connectivity index (χ4v) is 2.92. The van der Waals surface area contributed by atoms with Gasteiger partial charge in [-0.25, -0.2) is 0 Å². The van der Waals surface area contributed by atoms with Crippen molar-refractivity contribution in [2.75, 3.05) is 0 Å². The van der Waals surface area contributed by atoms with Crippen LogP contribution in [0.15, 0.2) is 96.2 Å². The van der Waals surface area contributed by atoms with Crippen LogP contribution >= 0.6 is 23.5 Å². The van der Waals surface area contributed by atoms with Crippen LogP contribution in [-0.2, 0) is 9.59 Å². The number of ether oxygens (including phenoxy) is 2. The van der Waals surface area contributed by atoms with Crippen LogP contribution in [0.1, 0.15) is 13.8 Å². The average Bonchev–Trinajstić information content (AvgIpc) is 2.74. The maximum atomic E-state index is 11.4. The first-order valence-corrected chi connectivity index (χ1v) is 10.7. The third-order valence-corrected chi connectivity index (χ3v) is 5.23. The van der Waals surface area contributed by atoms with Gasteiger partial charge in [0.05, 0.1) is 12.5 Å². The van der Waals surface area contributed by atoms with E-state index in [9.17, 15) is 9.59 Å². The van der Waals surface area contributed by atoms with E-state index in [-0.39, 0.29) is 10.2 Å². The molecule has 0 aliphatic carbocycles. The Kier molecular flexibility index (Phi) is 9.25. The van der Waals surface area contributed by atoms with E-state index >= 15 is 0 Å². The molecular weight excluding hydrogens is 416 g/mol. The molecule has 0 heterocycles. The summed E-state index contributed by atoms with van der Waals surface area (Å²) in [5.74, 6) is 1.34. The van der Waals surface area contributed by atoms with E-state index in [1.807, 2.05) is 48.5 Å². The number of benzene rings is 2. The van der Waals surface area contributed by atoms with Crippen LogP contribution in [0.25, 0.3) is 11.1 Å². The summed E-state index contributed by atoms with van der Waals surface area (Å²) < 4.78 is 11.0. The summed E-state index contributed by atoms with van der Waals surface area (Å²) in [7, 11) is 0. The molecule has 0 unspecified atom stereocenters. The maximum absolute atomic E-state index is 11.4. The van der Waals surface area contributed by atoms with Gasteiger partial charge in [0.15, 0.2) is 0 Å². The molecule has 0 amide bonds. The monoisotopic (exact) mass is 438 g/mol. The largest absolute Gasteiger partial charge is 0.464 e. The minimum atomic E-state index is -0.0905. The summed E-state index contributed by atoms with van der Waals surface area (Å²) in [4.78, 5) is 22.9. The summed E-state index contributed by atoms with van der Waals surface area (Å²) in [6.07, 6.45) is 2.95. The zero-order valence-electron chi connectivity index (χ0n) is 16.8. The van der Waals surface area contributed by atoms with Crippen molar-refractivity contribution in [2.24, 2.45) is 0 Å². The number of carbonyl (C=O) groups excluding carboxylic acids is 2. The highest BCUT2D eigenvalue weighted by atomic mass is 32.2. The molecule has 0 aliphatic rings. The second-order valence-electron chi connectivity index (χ2n) is 6.20. The Labute approximate surface area is 185 Å². The summed E-state index contributed by atoms with van der Waals surface area (Å²) >= 11 is 2.06. The molecule has 0 aromatic heterocycles. The summed E-state index contributed by atoms with van der Waals surface area (Å²) in [6.45, 7) is 10.5. The van der Waals surface area contributed by atoms with Crippen molar-refractivity contribution in [3.8, 4) is 22.6 Å². The lowest BCUT2D eigenvalue weighted by Crippen LogP contribution is -1.89. The van der Waals surface area contributed by atoms with Crippen molar-refractivity contribution in [3.63, 3.8) is 0 Å². The molecule has 6 heteroatoms. The van der Waals surface area contributed by atoms with Gasteiger partial charge in [-0.15, -0.1) is 0 Å². The van der Waals surface area contributed by atoms with Crippen molar-refractivity contribution >= 4 is 33.8 Å². The molecule has 0 N–H and O–H groups in total. The molecule has 0 atom stereocenters. The Morgan fingerprint density at radius 1 is 0.700 bits per heavy atom. The first-order chi connectivity index (χ1) is 14.4. The van der Waals surface area contributed by atoms with Crippen LogP contribution in [0.2, 0.25) is 0 Å². The van der Waals surface area contributed by atoms with Crippen LogP contribution in [0.4, 0.5) is 0 Å². The van der Waals surface area contributed by atoms with Gasteiger partial charge in [-0.2, -0.15) is 0 Å². The molecule has 0 saturated carbocycles. The molecule has 0 fully saturated rings. The number of carbonyl (C=O) groups is 2. The Morgan fingerprint density at radius 3 is 1.33 bits per heavy atom. The predicted molar refractivity (Wildman–Crippen MR) is 126 cm³/mol. The van der Waals surface area contributed by atoms with Crippen molar-refractivity contribution in [3.05, 3.63) is 96.2 Å². The second kappa shape index (κ2) is 11.9. The summed E-state index contributed by atoms with van der Waals surface area (Å²) in [6, 6.07) is 15.2. The van der Waals surface area contributed by atoms with Gasteiger partial charge in [-0.3, -0.25) is 9.59 Å². The van der Waals surface area contributed by atoms with E-state index in [0.717, 1.165) is 34.7 Å². The molecule has 2 aromatic carbocycles. The lowest BCUT2D eigenvalue weighted by molar-refractivity contribution is -0.108. The van der Waals surface area contributed by atoms with Gasteiger partial charge in [0.2, 0.25) is 10.2 Å². The first kappa shape index (κ1) is 23.3. The molecule has 0 aliphatic heterocycles. The lowest BCUT2D eigenvalue weighted by atomic mass is 10.1. The first-order valence-electron chi connectivity index (χ1n) is 8.93. The smallest absolute Gasteiger partial charge is 0.218 e. The molecule has 2 aromatic rings. The van der Waals surface area contributed by atoms with Crippen molar-refractivity contribution in [1.82, 2.24) is 0 Å². The molecule has 0 radical (unpaired) electrons. The highest BCUT2D eigenvalue weighted by Gasteiger charge is 2.02. The van der Waals surface area contributed by atoms with Crippen LogP contribution in [-0.4, -0.2) is 10.2 Å². The number of hydrogen-bond acceptors (Lipinski definition) is 6. The van der Waals surface area contributed by atoms with E-state index < -0.39 is 0 Å². The minimum Gasteiger partial charge on any atom is -0.464 e. The highest BCUT2D eigenvalue weighted by molar-refractivity contribution is 8.16. The highest BCUT2D eigenvalue weighted by Crippen LogP contribution is 2.25. The van der Waals surface area contributed by atoms with Crippen molar-refractivity contribution in [1.29, 1.82) is 0 Å². The lowest BCUT2D eigenvalue weighted by Gasteiger charge is -2.05. The van der Waals surface area contributed by atoms with Gasteiger partial charge < -0.3 is 9.47 Å². The quantitative estimate of drug-likeness (QED) is 0.320. The molecular formula is C24H22O4S2. The van der Waals surface area contributed by atoms with E-state index in [0.29, 0.717) is 22.6 Å². The van der Waals surface area contributed by atoms with Crippen LogP contribution in [0.3, 0.4) is 0 Å². The Morgan fingerprint density at radius 2 is 1.03 bits per heavy atom.